The van der Waals surface area contributed by atoms with E-state index >= 15 is 0 Å². The molecule has 0 aromatic heterocycles. The molecular weight excluding hydrogens is 285 g/mol. The molecular formula is C10H13Cl2NO3S. The maximum atomic E-state index is 11.9. The van der Waals surface area contributed by atoms with Crippen molar-refractivity contribution in [1.29, 1.82) is 0 Å². The van der Waals surface area contributed by atoms with E-state index in [0.29, 0.717) is 15.6 Å². The molecule has 0 aliphatic carbocycles. The number of likely N-dealkylation sites (N-methyl/N-ethyl adjacent to an activating group) is 1. The van der Waals surface area contributed by atoms with Crippen LogP contribution in [0.2, 0.25) is 10.0 Å². The van der Waals surface area contributed by atoms with Gasteiger partial charge in [-0.1, -0.05) is 29.3 Å². The minimum absolute atomic E-state index is 0.0630. The molecule has 4 nitrogen and oxygen atoms in total. The molecule has 0 spiro atoms. The maximum Gasteiger partial charge on any atom is 0.218 e. The third-order valence-electron chi connectivity index (χ3n) is 2.24. The highest BCUT2D eigenvalue weighted by molar-refractivity contribution is 7.88. The van der Waals surface area contributed by atoms with E-state index in [-0.39, 0.29) is 18.9 Å². The lowest BCUT2D eigenvalue weighted by Gasteiger charge is -2.16. The van der Waals surface area contributed by atoms with Crippen molar-refractivity contribution in [2.45, 2.75) is 5.75 Å². The second-order valence-electron chi connectivity index (χ2n) is 3.54. The average molecular weight is 298 g/mol. The van der Waals surface area contributed by atoms with Crippen LogP contribution in [-0.2, 0) is 15.8 Å². The zero-order valence-corrected chi connectivity index (χ0v) is 11.6. The molecule has 1 aromatic rings. The molecule has 0 fully saturated rings. The molecule has 1 rings (SSSR count). The fraction of sp³-hybridized carbons (Fsp3) is 0.400. The Morgan fingerprint density at radius 3 is 2.53 bits per heavy atom. The number of hydrogen-bond acceptors (Lipinski definition) is 3. The Labute approximate surface area is 111 Å². The number of rotatable bonds is 5. The standard InChI is InChI=1S/C10H13Cl2NO3S/c1-13(4-5-14)17(15,16)7-8-2-3-9(11)6-10(8)12/h2-3,6,14H,4-5,7H2,1H3. The van der Waals surface area contributed by atoms with Crippen LogP contribution in [0.25, 0.3) is 0 Å². The molecule has 0 radical (unpaired) electrons. The van der Waals surface area contributed by atoms with Gasteiger partial charge in [0.05, 0.1) is 12.4 Å². The van der Waals surface area contributed by atoms with Gasteiger partial charge in [0.25, 0.3) is 0 Å². The highest BCUT2D eigenvalue weighted by Gasteiger charge is 2.19. The second kappa shape index (κ2) is 6.02. The Morgan fingerprint density at radius 1 is 1.35 bits per heavy atom. The SMILES string of the molecule is CN(CCO)S(=O)(=O)Cc1ccc(Cl)cc1Cl. The highest BCUT2D eigenvalue weighted by Crippen LogP contribution is 2.23. The number of aliphatic hydroxyl groups is 1. The Kier molecular flexibility index (Phi) is 5.22. The summed E-state index contributed by atoms with van der Waals surface area (Å²) in [4.78, 5) is 0. The first-order valence-corrected chi connectivity index (χ1v) is 7.22. The summed E-state index contributed by atoms with van der Waals surface area (Å²) in [6.07, 6.45) is 0. The lowest BCUT2D eigenvalue weighted by molar-refractivity contribution is 0.266. The molecule has 0 aliphatic heterocycles. The van der Waals surface area contributed by atoms with Gasteiger partial charge in [0, 0.05) is 23.6 Å². The quantitative estimate of drug-likeness (QED) is 0.901. The lowest BCUT2D eigenvalue weighted by atomic mass is 10.2. The van der Waals surface area contributed by atoms with Crippen LogP contribution in [0.4, 0.5) is 0 Å². The first-order valence-electron chi connectivity index (χ1n) is 4.85. The number of sulfonamides is 1. The van der Waals surface area contributed by atoms with E-state index in [1.807, 2.05) is 0 Å². The molecule has 17 heavy (non-hydrogen) atoms. The molecule has 0 atom stereocenters. The molecule has 0 saturated heterocycles. The van der Waals surface area contributed by atoms with E-state index in [4.69, 9.17) is 28.3 Å². The van der Waals surface area contributed by atoms with E-state index in [2.05, 4.69) is 0 Å². The van der Waals surface area contributed by atoms with Crippen LogP contribution in [0.3, 0.4) is 0 Å². The van der Waals surface area contributed by atoms with E-state index in [0.717, 1.165) is 4.31 Å². The van der Waals surface area contributed by atoms with Crippen LogP contribution in [0.1, 0.15) is 5.56 Å². The topological polar surface area (TPSA) is 57.6 Å². The molecule has 96 valence electrons. The van der Waals surface area contributed by atoms with Crippen molar-refractivity contribution in [1.82, 2.24) is 4.31 Å². The molecule has 1 N–H and O–H groups in total. The van der Waals surface area contributed by atoms with Gasteiger partial charge in [-0.2, -0.15) is 0 Å². The van der Waals surface area contributed by atoms with Crippen LogP contribution < -0.4 is 0 Å². The van der Waals surface area contributed by atoms with Gasteiger partial charge in [-0.3, -0.25) is 0 Å². The summed E-state index contributed by atoms with van der Waals surface area (Å²) in [7, 11) is -2.05. The molecule has 0 bridgehead atoms. The summed E-state index contributed by atoms with van der Waals surface area (Å²) in [5.74, 6) is -0.209. The number of hydrogen-bond donors (Lipinski definition) is 1. The Bertz CT molecular complexity index is 490. The summed E-state index contributed by atoms with van der Waals surface area (Å²) in [6, 6.07) is 4.67. The largest absolute Gasteiger partial charge is 0.395 e. The summed E-state index contributed by atoms with van der Waals surface area (Å²) in [5, 5.41) is 9.48. The monoisotopic (exact) mass is 297 g/mol. The van der Waals surface area contributed by atoms with Crippen LogP contribution in [0.15, 0.2) is 18.2 Å². The Balaban J connectivity index is 2.90. The fourth-order valence-corrected chi connectivity index (χ4v) is 3.00. The van der Waals surface area contributed by atoms with Crippen molar-refractivity contribution < 1.29 is 13.5 Å². The first-order chi connectivity index (χ1) is 7.86. The van der Waals surface area contributed by atoms with Crippen molar-refractivity contribution in [3.05, 3.63) is 33.8 Å². The third kappa shape index (κ3) is 4.12. The van der Waals surface area contributed by atoms with E-state index in [1.54, 1.807) is 12.1 Å². The molecule has 7 heteroatoms. The third-order valence-corrected chi connectivity index (χ3v) is 4.64. The van der Waals surface area contributed by atoms with Gasteiger partial charge in [-0.05, 0) is 17.7 Å². The van der Waals surface area contributed by atoms with Crippen molar-refractivity contribution in [2.24, 2.45) is 0 Å². The Hall–Kier alpha value is -0.330. The fourth-order valence-electron chi connectivity index (χ4n) is 1.23. The van der Waals surface area contributed by atoms with Gasteiger partial charge in [-0.25, -0.2) is 12.7 Å². The van der Waals surface area contributed by atoms with Crippen LogP contribution in [0, 0.1) is 0 Å². The van der Waals surface area contributed by atoms with Crippen molar-refractivity contribution >= 4 is 33.2 Å². The van der Waals surface area contributed by atoms with Crippen molar-refractivity contribution in [3.63, 3.8) is 0 Å². The second-order valence-corrected chi connectivity index (χ2v) is 6.46. The number of nitrogens with zero attached hydrogens (tertiary/aromatic N) is 1. The maximum absolute atomic E-state index is 11.9. The summed E-state index contributed by atoms with van der Waals surface area (Å²) in [6.45, 7) is -0.155. The molecule has 0 saturated carbocycles. The summed E-state index contributed by atoms with van der Waals surface area (Å²) < 4.78 is 24.8. The van der Waals surface area contributed by atoms with Gasteiger partial charge < -0.3 is 5.11 Å². The molecule has 1 aromatic carbocycles. The zero-order chi connectivity index (χ0) is 13.1. The number of benzene rings is 1. The smallest absolute Gasteiger partial charge is 0.218 e. The minimum atomic E-state index is -3.47. The molecule has 0 aliphatic rings. The average Bonchev–Trinajstić information content (AvgIpc) is 2.22. The summed E-state index contributed by atoms with van der Waals surface area (Å²) >= 11 is 11.6. The van der Waals surface area contributed by atoms with Crippen LogP contribution in [-0.4, -0.2) is 38.0 Å². The van der Waals surface area contributed by atoms with Gasteiger partial charge >= 0.3 is 0 Å². The van der Waals surface area contributed by atoms with Gasteiger partial charge in [-0.15, -0.1) is 0 Å². The minimum Gasteiger partial charge on any atom is -0.395 e. The van der Waals surface area contributed by atoms with Gasteiger partial charge in [0.2, 0.25) is 10.0 Å². The lowest BCUT2D eigenvalue weighted by Crippen LogP contribution is -2.30. The molecule has 0 unspecified atom stereocenters. The van der Waals surface area contributed by atoms with Crippen LogP contribution >= 0.6 is 23.2 Å². The summed E-state index contributed by atoms with van der Waals surface area (Å²) in [5.41, 5.74) is 0.487. The normalized spacial score (nSPS) is 12.1. The van der Waals surface area contributed by atoms with E-state index in [1.165, 1.54) is 13.1 Å². The van der Waals surface area contributed by atoms with Crippen molar-refractivity contribution in [3.8, 4) is 0 Å². The number of aliphatic hydroxyl groups excluding tert-OH is 1. The number of halogens is 2. The predicted octanol–water partition coefficient (Wildman–Crippen LogP) is 1.75. The highest BCUT2D eigenvalue weighted by atomic mass is 35.5. The van der Waals surface area contributed by atoms with Gasteiger partial charge in [0.15, 0.2) is 0 Å². The molecule has 0 heterocycles. The van der Waals surface area contributed by atoms with E-state index < -0.39 is 10.0 Å². The van der Waals surface area contributed by atoms with Crippen LogP contribution in [0.5, 0.6) is 0 Å². The zero-order valence-electron chi connectivity index (χ0n) is 9.23. The first kappa shape index (κ1) is 14.7. The molecule has 0 amide bonds. The van der Waals surface area contributed by atoms with Gasteiger partial charge in [0.1, 0.15) is 0 Å². The predicted molar refractivity (Wildman–Crippen MR) is 68.8 cm³/mol. The van der Waals surface area contributed by atoms with Crippen molar-refractivity contribution in [2.75, 3.05) is 20.2 Å². The van der Waals surface area contributed by atoms with E-state index in [9.17, 15) is 8.42 Å². The Morgan fingerprint density at radius 2 is 2.00 bits per heavy atom.